The summed E-state index contributed by atoms with van der Waals surface area (Å²) in [6.45, 7) is 2.86. The van der Waals surface area contributed by atoms with E-state index >= 15 is 0 Å². The van der Waals surface area contributed by atoms with Gasteiger partial charge < -0.3 is 5.32 Å². The smallest absolute Gasteiger partial charge is 0.264 e. The quantitative estimate of drug-likeness (QED) is 0.575. The van der Waals surface area contributed by atoms with Crippen molar-refractivity contribution in [3.8, 4) is 0 Å². The molecule has 1 fully saturated rings. The zero-order chi connectivity index (χ0) is 18.7. The van der Waals surface area contributed by atoms with Crippen LogP contribution in [0.4, 0.5) is 5.69 Å². The molecule has 0 saturated carbocycles. The highest BCUT2D eigenvalue weighted by Gasteiger charge is 2.45. The second kappa shape index (κ2) is 7.68. The molecular weight excluding hydrogens is 334 g/mol. The molecule has 26 heavy (non-hydrogen) atoms. The Labute approximate surface area is 152 Å². The summed E-state index contributed by atoms with van der Waals surface area (Å²) in [5, 5.41) is 5.45. The number of hydrogen-bond acceptors (Lipinski definition) is 5. The van der Waals surface area contributed by atoms with Crippen LogP contribution >= 0.6 is 0 Å². The van der Waals surface area contributed by atoms with Gasteiger partial charge in [-0.3, -0.25) is 29.4 Å². The van der Waals surface area contributed by atoms with Crippen molar-refractivity contribution in [1.29, 1.82) is 0 Å². The molecule has 1 atom stereocenters. The fraction of sp³-hybridized carbons (Fsp3) is 0.474. The predicted octanol–water partition coefficient (Wildman–Crippen LogP) is 2.08. The lowest BCUT2D eigenvalue weighted by molar-refractivity contribution is -0.136. The number of imide groups is 2. The van der Waals surface area contributed by atoms with Crippen molar-refractivity contribution in [3.63, 3.8) is 0 Å². The third-order valence-corrected chi connectivity index (χ3v) is 4.81. The van der Waals surface area contributed by atoms with Crippen LogP contribution in [0.15, 0.2) is 18.2 Å². The summed E-state index contributed by atoms with van der Waals surface area (Å²) in [5.74, 6) is -1.92. The van der Waals surface area contributed by atoms with Gasteiger partial charge in [0.2, 0.25) is 11.8 Å². The van der Waals surface area contributed by atoms with Gasteiger partial charge in [0.1, 0.15) is 6.04 Å². The van der Waals surface area contributed by atoms with Crippen LogP contribution in [0.1, 0.15) is 66.2 Å². The molecule has 0 aliphatic carbocycles. The molecule has 2 aliphatic rings. The lowest BCUT2D eigenvalue weighted by atomic mass is 10.0. The van der Waals surface area contributed by atoms with E-state index in [9.17, 15) is 19.2 Å². The summed E-state index contributed by atoms with van der Waals surface area (Å²) < 4.78 is 0. The van der Waals surface area contributed by atoms with Crippen molar-refractivity contribution in [1.82, 2.24) is 10.2 Å². The number of carbonyl (C=O) groups is 4. The molecule has 7 nitrogen and oxygen atoms in total. The number of anilines is 1. The average molecular weight is 357 g/mol. The van der Waals surface area contributed by atoms with E-state index in [0.29, 0.717) is 16.8 Å². The van der Waals surface area contributed by atoms with Crippen LogP contribution in [-0.2, 0) is 9.59 Å². The summed E-state index contributed by atoms with van der Waals surface area (Å²) in [6.07, 6.45) is 4.68. The highest BCUT2D eigenvalue weighted by molar-refractivity contribution is 6.25. The number of hydrogen-bond donors (Lipinski definition) is 2. The Balaban J connectivity index is 1.78. The fourth-order valence-corrected chi connectivity index (χ4v) is 3.44. The molecule has 2 N–H and O–H groups in total. The number of nitrogens with one attached hydrogen (secondary N) is 2. The van der Waals surface area contributed by atoms with Gasteiger partial charge in [-0.05, 0) is 25.0 Å². The first kappa shape index (κ1) is 18.1. The summed E-state index contributed by atoms with van der Waals surface area (Å²) in [6, 6.07) is 4.17. The minimum absolute atomic E-state index is 0.117. The molecule has 138 valence electrons. The average Bonchev–Trinajstić information content (AvgIpc) is 2.87. The SMILES string of the molecule is CCCCCCNc1cccc2c1C(=O)N(C1CCC(=O)NC1=O)C2=O. The highest BCUT2D eigenvalue weighted by atomic mass is 16.2. The summed E-state index contributed by atoms with van der Waals surface area (Å²) in [5.41, 5.74) is 1.24. The Morgan fingerprint density at radius 3 is 2.65 bits per heavy atom. The van der Waals surface area contributed by atoms with Crippen LogP contribution in [0.5, 0.6) is 0 Å². The van der Waals surface area contributed by atoms with E-state index < -0.39 is 23.8 Å². The van der Waals surface area contributed by atoms with Gasteiger partial charge in [-0.1, -0.05) is 32.3 Å². The molecule has 1 unspecified atom stereocenters. The van der Waals surface area contributed by atoms with Crippen molar-refractivity contribution in [2.75, 3.05) is 11.9 Å². The third-order valence-electron chi connectivity index (χ3n) is 4.81. The van der Waals surface area contributed by atoms with Gasteiger partial charge in [-0.25, -0.2) is 0 Å². The number of amides is 4. The van der Waals surface area contributed by atoms with Gasteiger partial charge >= 0.3 is 0 Å². The van der Waals surface area contributed by atoms with Crippen molar-refractivity contribution < 1.29 is 19.2 Å². The van der Waals surface area contributed by atoms with Gasteiger partial charge in [0.25, 0.3) is 11.8 Å². The first-order valence-electron chi connectivity index (χ1n) is 9.13. The summed E-state index contributed by atoms with van der Waals surface area (Å²) >= 11 is 0. The minimum atomic E-state index is -0.933. The maximum absolute atomic E-state index is 12.9. The van der Waals surface area contributed by atoms with Crippen LogP contribution < -0.4 is 10.6 Å². The van der Waals surface area contributed by atoms with E-state index in [1.165, 1.54) is 0 Å². The predicted molar refractivity (Wildman–Crippen MR) is 95.7 cm³/mol. The second-order valence-corrected chi connectivity index (χ2v) is 6.66. The molecule has 2 heterocycles. The number of unbranched alkanes of at least 4 members (excludes halogenated alkanes) is 3. The number of benzene rings is 1. The minimum Gasteiger partial charge on any atom is -0.384 e. The molecule has 3 rings (SSSR count). The van der Waals surface area contributed by atoms with E-state index in [4.69, 9.17) is 0 Å². The number of carbonyl (C=O) groups excluding carboxylic acids is 4. The van der Waals surface area contributed by atoms with Crippen LogP contribution in [0, 0.1) is 0 Å². The zero-order valence-corrected chi connectivity index (χ0v) is 14.8. The molecule has 1 saturated heterocycles. The third kappa shape index (κ3) is 3.34. The zero-order valence-electron chi connectivity index (χ0n) is 14.8. The number of piperidine rings is 1. The first-order chi connectivity index (χ1) is 12.5. The monoisotopic (exact) mass is 357 g/mol. The van der Waals surface area contributed by atoms with Gasteiger partial charge in [-0.15, -0.1) is 0 Å². The van der Waals surface area contributed by atoms with Crippen molar-refractivity contribution in [3.05, 3.63) is 29.3 Å². The first-order valence-corrected chi connectivity index (χ1v) is 9.13. The molecule has 0 bridgehead atoms. The largest absolute Gasteiger partial charge is 0.384 e. The van der Waals surface area contributed by atoms with Crippen LogP contribution in [0.25, 0.3) is 0 Å². The molecule has 0 aromatic heterocycles. The molecule has 2 aliphatic heterocycles. The Bertz CT molecular complexity index is 759. The molecule has 4 amide bonds. The van der Waals surface area contributed by atoms with Gasteiger partial charge in [0.05, 0.1) is 11.1 Å². The Morgan fingerprint density at radius 2 is 1.92 bits per heavy atom. The maximum atomic E-state index is 12.9. The maximum Gasteiger partial charge on any atom is 0.264 e. The molecule has 7 heteroatoms. The van der Waals surface area contributed by atoms with Crippen molar-refractivity contribution >= 4 is 29.3 Å². The Morgan fingerprint density at radius 1 is 1.12 bits per heavy atom. The van der Waals surface area contributed by atoms with E-state index in [2.05, 4.69) is 17.6 Å². The molecule has 0 spiro atoms. The molecule has 0 radical (unpaired) electrons. The number of nitrogens with zero attached hydrogens (tertiary/aromatic N) is 1. The number of fused-ring (bicyclic) bond motifs is 1. The standard InChI is InChI=1S/C19H23N3O4/c1-2-3-4-5-11-20-13-8-6-7-12-16(13)19(26)22(18(12)25)14-9-10-15(23)21-17(14)24/h6-8,14,20H,2-5,9-11H2,1H3,(H,21,23,24). The van der Waals surface area contributed by atoms with Gasteiger partial charge in [0, 0.05) is 18.7 Å². The summed E-state index contributed by atoms with van der Waals surface area (Å²) in [7, 11) is 0. The van der Waals surface area contributed by atoms with E-state index in [1.807, 2.05) is 0 Å². The lowest BCUT2D eigenvalue weighted by Crippen LogP contribution is -2.54. The highest BCUT2D eigenvalue weighted by Crippen LogP contribution is 2.32. The topological polar surface area (TPSA) is 95.6 Å². The van der Waals surface area contributed by atoms with Gasteiger partial charge in [0.15, 0.2) is 0 Å². The lowest BCUT2D eigenvalue weighted by Gasteiger charge is -2.27. The van der Waals surface area contributed by atoms with E-state index in [1.54, 1.807) is 18.2 Å². The molecular formula is C19H23N3O4. The summed E-state index contributed by atoms with van der Waals surface area (Å²) in [4.78, 5) is 50.0. The molecule has 1 aromatic carbocycles. The Kier molecular flexibility index (Phi) is 5.35. The van der Waals surface area contributed by atoms with Crippen LogP contribution in [-0.4, -0.2) is 41.1 Å². The van der Waals surface area contributed by atoms with E-state index in [0.717, 1.165) is 37.1 Å². The fourth-order valence-electron chi connectivity index (χ4n) is 3.44. The van der Waals surface area contributed by atoms with Gasteiger partial charge in [-0.2, -0.15) is 0 Å². The second-order valence-electron chi connectivity index (χ2n) is 6.66. The Hall–Kier alpha value is -2.70. The normalized spacial score (nSPS) is 19.6. The van der Waals surface area contributed by atoms with E-state index in [-0.39, 0.29) is 18.7 Å². The van der Waals surface area contributed by atoms with Crippen molar-refractivity contribution in [2.45, 2.75) is 51.5 Å². The number of rotatable bonds is 7. The van der Waals surface area contributed by atoms with Crippen LogP contribution in [0.2, 0.25) is 0 Å². The molecule has 1 aromatic rings. The van der Waals surface area contributed by atoms with Crippen molar-refractivity contribution in [2.24, 2.45) is 0 Å². The van der Waals surface area contributed by atoms with Crippen LogP contribution in [0.3, 0.4) is 0 Å².